The predicted molar refractivity (Wildman–Crippen MR) is 145 cm³/mol. The Balaban J connectivity index is 1.47. The third-order valence-electron chi connectivity index (χ3n) is 4.83. The number of thioether (sulfide) groups is 1. The van der Waals surface area contributed by atoms with Gasteiger partial charge in [0.05, 0.1) is 18.6 Å². The summed E-state index contributed by atoms with van der Waals surface area (Å²) in [6, 6.07) is 13.6. The maximum absolute atomic E-state index is 12.0. The number of rotatable bonds is 12. The van der Waals surface area contributed by atoms with Gasteiger partial charge >= 0.3 is 0 Å². The molecule has 0 saturated heterocycles. The zero-order valence-corrected chi connectivity index (χ0v) is 22.9. The van der Waals surface area contributed by atoms with E-state index in [1.165, 1.54) is 28.7 Å². The Labute approximate surface area is 220 Å². The lowest BCUT2D eigenvalue weighted by Crippen LogP contribution is -2.19. The fourth-order valence-corrected chi connectivity index (χ4v) is 4.64. The molecule has 1 N–H and O–H groups in total. The Morgan fingerprint density at radius 1 is 1.06 bits per heavy atom. The summed E-state index contributed by atoms with van der Waals surface area (Å²) in [5, 5.41) is 12.8. The van der Waals surface area contributed by atoms with E-state index in [2.05, 4.69) is 53.6 Å². The molecule has 1 heterocycles. The Morgan fingerprint density at radius 3 is 2.47 bits per heavy atom. The van der Waals surface area contributed by atoms with E-state index in [9.17, 15) is 4.79 Å². The van der Waals surface area contributed by atoms with E-state index in [1.54, 1.807) is 6.21 Å². The first-order valence-corrected chi connectivity index (χ1v) is 13.4. The Hall–Kier alpha value is -3.11. The highest BCUT2D eigenvalue weighted by atomic mass is 32.2. The van der Waals surface area contributed by atoms with E-state index >= 15 is 0 Å². The number of hydrazone groups is 1. The molecule has 0 bridgehead atoms. The number of nitrogens with one attached hydrogen (secondary N) is 1. The normalized spacial score (nSPS) is 11.5. The zero-order valence-electron chi connectivity index (χ0n) is 21.2. The van der Waals surface area contributed by atoms with Crippen molar-refractivity contribution in [2.75, 3.05) is 25.6 Å². The van der Waals surface area contributed by atoms with E-state index in [1.807, 2.05) is 44.2 Å². The van der Waals surface area contributed by atoms with Gasteiger partial charge in [0, 0.05) is 0 Å². The van der Waals surface area contributed by atoms with E-state index in [0.29, 0.717) is 31.3 Å². The van der Waals surface area contributed by atoms with Crippen molar-refractivity contribution in [3.05, 3.63) is 58.6 Å². The van der Waals surface area contributed by atoms with Gasteiger partial charge in [-0.1, -0.05) is 56.0 Å². The molecule has 0 aliphatic rings. The average Bonchev–Trinajstić information content (AvgIpc) is 3.26. The maximum Gasteiger partial charge on any atom is 0.250 e. The Kier molecular flexibility index (Phi) is 10.1. The second-order valence-electron chi connectivity index (χ2n) is 8.78. The molecule has 0 aliphatic carbocycles. The van der Waals surface area contributed by atoms with Gasteiger partial charge < -0.3 is 14.2 Å². The molecule has 0 radical (unpaired) electrons. The van der Waals surface area contributed by atoms with Gasteiger partial charge in [-0.25, -0.2) is 5.43 Å². The number of amides is 1. The molecule has 0 unspecified atom stereocenters. The van der Waals surface area contributed by atoms with Crippen molar-refractivity contribution in [2.45, 2.75) is 44.4 Å². The van der Waals surface area contributed by atoms with Gasteiger partial charge in [-0.15, -0.1) is 10.2 Å². The van der Waals surface area contributed by atoms with E-state index < -0.39 is 0 Å². The molecule has 192 valence electrons. The van der Waals surface area contributed by atoms with Gasteiger partial charge in [0.25, 0.3) is 5.91 Å². The van der Waals surface area contributed by atoms with E-state index in [-0.39, 0.29) is 17.1 Å². The standard InChI is InChI=1S/C26H32N4O4S2/c1-6-32-23-15-19(16-27-29-24(31)17-35-25-30-28-18(2)36-25)7-12-22(23)34-14-13-33-21-10-8-20(9-11-21)26(3,4)5/h7-12,15-16H,6,13-14,17H2,1-5H3,(H,29,31)/b27-16+. The predicted octanol–water partition coefficient (Wildman–Crippen LogP) is 5.24. The third kappa shape index (κ3) is 8.83. The molecular formula is C26H32N4O4S2. The first-order valence-electron chi connectivity index (χ1n) is 11.6. The van der Waals surface area contributed by atoms with Crippen LogP contribution in [-0.4, -0.2) is 47.9 Å². The minimum absolute atomic E-state index is 0.109. The SMILES string of the molecule is CCOc1cc(/C=N/NC(=O)CSc2nnc(C)s2)ccc1OCCOc1ccc(C(C)(C)C)cc1. The van der Waals surface area contributed by atoms with Crippen LogP contribution in [0.15, 0.2) is 51.9 Å². The van der Waals surface area contributed by atoms with Gasteiger partial charge in [0.15, 0.2) is 15.8 Å². The van der Waals surface area contributed by atoms with Crippen molar-refractivity contribution in [2.24, 2.45) is 5.10 Å². The van der Waals surface area contributed by atoms with Crippen LogP contribution in [0.4, 0.5) is 0 Å². The fourth-order valence-electron chi connectivity index (χ4n) is 3.03. The van der Waals surface area contributed by atoms with E-state index in [0.717, 1.165) is 20.7 Å². The first kappa shape index (κ1) is 27.5. The summed E-state index contributed by atoms with van der Waals surface area (Å²) in [7, 11) is 0. The van der Waals surface area contributed by atoms with Crippen LogP contribution in [0.1, 0.15) is 43.8 Å². The van der Waals surface area contributed by atoms with Gasteiger partial charge in [0.1, 0.15) is 24.0 Å². The molecule has 3 rings (SSSR count). The number of aryl methyl sites for hydroxylation is 1. The largest absolute Gasteiger partial charge is 0.490 e. The number of hydrogen-bond acceptors (Lipinski definition) is 9. The molecule has 3 aromatic rings. The molecule has 0 fully saturated rings. The third-order valence-corrected chi connectivity index (χ3v) is 6.81. The number of aromatic nitrogens is 2. The number of carbonyl (C=O) groups is 1. The lowest BCUT2D eigenvalue weighted by Gasteiger charge is -2.19. The summed E-state index contributed by atoms with van der Waals surface area (Å²) < 4.78 is 18.2. The van der Waals surface area contributed by atoms with Gasteiger partial charge in [-0.3, -0.25) is 4.79 Å². The highest BCUT2D eigenvalue weighted by Gasteiger charge is 2.13. The van der Waals surface area contributed by atoms with Crippen molar-refractivity contribution in [3.63, 3.8) is 0 Å². The van der Waals surface area contributed by atoms with Crippen LogP contribution in [0.3, 0.4) is 0 Å². The number of ether oxygens (including phenoxy) is 3. The fraction of sp³-hybridized carbons (Fsp3) is 0.385. The van der Waals surface area contributed by atoms with Crippen LogP contribution in [0.25, 0.3) is 0 Å². The van der Waals surface area contributed by atoms with Crippen molar-refractivity contribution >= 4 is 35.2 Å². The lowest BCUT2D eigenvalue weighted by atomic mass is 9.87. The average molecular weight is 529 g/mol. The molecule has 0 atom stereocenters. The highest BCUT2D eigenvalue weighted by molar-refractivity contribution is 8.01. The van der Waals surface area contributed by atoms with Crippen molar-refractivity contribution in [3.8, 4) is 17.2 Å². The number of carbonyl (C=O) groups excluding carboxylic acids is 1. The van der Waals surface area contributed by atoms with Crippen LogP contribution < -0.4 is 19.6 Å². The van der Waals surface area contributed by atoms with Gasteiger partial charge in [0.2, 0.25) is 0 Å². The Morgan fingerprint density at radius 2 is 1.81 bits per heavy atom. The molecule has 36 heavy (non-hydrogen) atoms. The quantitative estimate of drug-likeness (QED) is 0.149. The van der Waals surface area contributed by atoms with Crippen molar-refractivity contribution in [1.29, 1.82) is 0 Å². The zero-order chi connectivity index (χ0) is 26.0. The summed E-state index contributed by atoms with van der Waals surface area (Å²) in [4.78, 5) is 12.0. The van der Waals surface area contributed by atoms with E-state index in [4.69, 9.17) is 14.2 Å². The summed E-state index contributed by atoms with van der Waals surface area (Å²) in [5.41, 5.74) is 4.66. The summed E-state index contributed by atoms with van der Waals surface area (Å²) in [6.07, 6.45) is 1.56. The molecule has 0 saturated carbocycles. The molecule has 0 spiro atoms. The summed E-state index contributed by atoms with van der Waals surface area (Å²) in [6.45, 7) is 11.6. The van der Waals surface area contributed by atoms with Crippen LogP contribution in [-0.2, 0) is 10.2 Å². The summed E-state index contributed by atoms with van der Waals surface area (Å²) >= 11 is 2.78. The number of hydrogen-bond donors (Lipinski definition) is 1. The molecule has 1 aromatic heterocycles. The van der Waals surface area contributed by atoms with Crippen molar-refractivity contribution in [1.82, 2.24) is 15.6 Å². The Bertz CT molecular complexity index is 1160. The van der Waals surface area contributed by atoms with Gasteiger partial charge in [-0.05, 0) is 60.7 Å². The second kappa shape index (κ2) is 13.3. The lowest BCUT2D eigenvalue weighted by molar-refractivity contribution is -0.118. The summed E-state index contributed by atoms with van der Waals surface area (Å²) in [5.74, 6) is 2.02. The van der Waals surface area contributed by atoms with Crippen LogP contribution in [0, 0.1) is 6.92 Å². The monoisotopic (exact) mass is 528 g/mol. The van der Waals surface area contributed by atoms with Crippen LogP contribution in [0.2, 0.25) is 0 Å². The minimum Gasteiger partial charge on any atom is -0.490 e. The molecule has 10 heteroatoms. The molecule has 8 nitrogen and oxygen atoms in total. The number of nitrogens with zero attached hydrogens (tertiary/aromatic N) is 3. The highest BCUT2D eigenvalue weighted by Crippen LogP contribution is 2.28. The van der Waals surface area contributed by atoms with Crippen molar-refractivity contribution < 1.29 is 19.0 Å². The van der Waals surface area contributed by atoms with Crippen LogP contribution in [0.5, 0.6) is 17.2 Å². The van der Waals surface area contributed by atoms with Crippen LogP contribution >= 0.6 is 23.1 Å². The van der Waals surface area contributed by atoms with Gasteiger partial charge in [-0.2, -0.15) is 5.10 Å². The number of benzene rings is 2. The topological polar surface area (TPSA) is 94.9 Å². The molecule has 2 aromatic carbocycles. The smallest absolute Gasteiger partial charge is 0.250 e. The minimum atomic E-state index is -0.220. The molecule has 0 aliphatic heterocycles. The molecular weight excluding hydrogens is 496 g/mol. The first-order chi connectivity index (χ1) is 17.2. The maximum atomic E-state index is 12.0. The molecule has 1 amide bonds. The second-order valence-corrected chi connectivity index (χ2v) is 11.2.